The lowest BCUT2D eigenvalue weighted by Gasteiger charge is -2.31. The minimum atomic E-state index is -0.169. The Bertz CT molecular complexity index is 436. The van der Waals surface area contributed by atoms with Crippen LogP contribution < -0.4 is 4.74 Å². The van der Waals surface area contributed by atoms with E-state index >= 15 is 0 Å². The standard InChI is InChI=1S/C17H25NO3/c1-3-18-12-10-16(11-13-18)21-15-7-4-14(5-8-15)6-9-17(19)20-2/h4-5,7-8,16H,3,6,9-13H2,1-2H3. The first-order valence-electron chi connectivity index (χ1n) is 7.76. The fraction of sp³-hybridized carbons (Fsp3) is 0.588. The summed E-state index contributed by atoms with van der Waals surface area (Å²) in [6, 6.07) is 8.05. The number of aryl methyl sites for hydroxylation is 1. The third kappa shape index (κ3) is 5.05. The molecule has 2 rings (SSSR count). The van der Waals surface area contributed by atoms with Gasteiger partial charge in [0.25, 0.3) is 0 Å². The van der Waals surface area contributed by atoms with Crippen LogP contribution in [0.5, 0.6) is 5.75 Å². The molecule has 1 heterocycles. The van der Waals surface area contributed by atoms with E-state index in [1.165, 1.54) is 7.11 Å². The third-order valence-corrected chi connectivity index (χ3v) is 4.05. The van der Waals surface area contributed by atoms with Crippen LogP contribution in [0.1, 0.15) is 31.7 Å². The number of benzene rings is 1. The Kier molecular flexibility index (Phi) is 6.05. The highest BCUT2D eigenvalue weighted by atomic mass is 16.5. The second kappa shape index (κ2) is 8.03. The zero-order valence-electron chi connectivity index (χ0n) is 13.0. The van der Waals surface area contributed by atoms with Crippen LogP contribution in [0.15, 0.2) is 24.3 Å². The summed E-state index contributed by atoms with van der Waals surface area (Å²) in [7, 11) is 1.42. The van der Waals surface area contributed by atoms with Crippen molar-refractivity contribution >= 4 is 5.97 Å². The van der Waals surface area contributed by atoms with Gasteiger partial charge in [-0.25, -0.2) is 0 Å². The molecule has 0 radical (unpaired) electrons. The number of esters is 1. The van der Waals surface area contributed by atoms with Gasteiger partial charge < -0.3 is 14.4 Å². The number of methoxy groups -OCH3 is 1. The average molecular weight is 291 g/mol. The molecule has 0 bridgehead atoms. The molecule has 0 N–H and O–H groups in total. The second-order valence-electron chi connectivity index (χ2n) is 5.47. The molecule has 0 aromatic heterocycles. The summed E-state index contributed by atoms with van der Waals surface area (Å²) in [5.74, 6) is 0.754. The van der Waals surface area contributed by atoms with E-state index in [0.29, 0.717) is 18.9 Å². The molecular weight excluding hydrogens is 266 g/mol. The van der Waals surface area contributed by atoms with E-state index in [0.717, 1.165) is 43.8 Å². The maximum absolute atomic E-state index is 11.1. The SMILES string of the molecule is CCN1CCC(Oc2ccc(CCC(=O)OC)cc2)CC1. The van der Waals surface area contributed by atoms with Crippen molar-refractivity contribution in [3.63, 3.8) is 0 Å². The zero-order valence-corrected chi connectivity index (χ0v) is 13.0. The molecule has 1 aromatic rings. The monoisotopic (exact) mass is 291 g/mol. The van der Waals surface area contributed by atoms with E-state index in [9.17, 15) is 4.79 Å². The number of carbonyl (C=O) groups excluding carboxylic acids is 1. The van der Waals surface area contributed by atoms with Gasteiger partial charge in [-0.15, -0.1) is 0 Å². The van der Waals surface area contributed by atoms with Crippen molar-refractivity contribution in [1.29, 1.82) is 0 Å². The number of likely N-dealkylation sites (tertiary alicyclic amines) is 1. The molecule has 0 aliphatic carbocycles. The Morgan fingerprint density at radius 3 is 2.48 bits per heavy atom. The minimum absolute atomic E-state index is 0.169. The lowest BCUT2D eigenvalue weighted by atomic mass is 10.1. The molecule has 0 amide bonds. The summed E-state index contributed by atoms with van der Waals surface area (Å²) in [5.41, 5.74) is 1.13. The number of piperidine rings is 1. The van der Waals surface area contributed by atoms with Crippen LogP contribution in [0.3, 0.4) is 0 Å². The van der Waals surface area contributed by atoms with E-state index in [1.807, 2.05) is 24.3 Å². The lowest BCUT2D eigenvalue weighted by molar-refractivity contribution is -0.140. The Balaban J connectivity index is 1.78. The van der Waals surface area contributed by atoms with Crippen LogP contribution in [0.2, 0.25) is 0 Å². The van der Waals surface area contributed by atoms with Gasteiger partial charge in [-0.05, 0) is 43.5 Å². The molecule has 1 aliphatic heterocycles. The van der Waals surface area contributed by atoms with Crippen LogP contribution in [0.4, 0.5) is 0 Å². The second-order valence-corrected chi connectivity index (χ2v) is 5.47. The van der Waals surface area contributed by atoms with Crippen molar-refractivity contribution in [2.75, 3.05) is 26.7 Å². The Morgan fingerprint density at radius 2 is 1.90 bits per heavy atom. The van der Waals surface area contributed by atoms with Crippen LogP contribution >= 0.6 is 0 Å². The van der Waals surface area contributed by atoms with Gasteiger partial charge in [0.2, 0.25) is 0 Å². The summed E-state index contributed by atoms with van der Waals surface area (Å²) in [6.07, 6.45) is 3.65. The maximum Gasteiger partial charge on any atom is 0.305 e. The molecule has 116 valence electrons. The van der Waals surface area contributed by atoms with E-state index < -0.39 is 0 Å². The summed E-state index contributed by atoms with van der Waals surface area (Å²) < 4.78 is 10.7. The van der Waals surface area contributed by atoms with E-state index in [-0.39, 0.29) is 5.97 Å². The van der Waals surface area contributed by atoms with Gasteiger partial charge in [0.1, 0.15) is 11.9 Å². The van der Waals surface area contributed by atoms with Gasteiger partial charge in [-0.2, -0.15) is 0 Å². The summed E-state index contributed by atoms with van der Waals surface area (Å²) in [5, 5.41) is 0. The molecule has 4 nitrogen and oxygen atoms in total. The third-order valence-electron chi connectivity index (χ3n) is 4.05. The summed E-state index contributed by atoms with van der Waals surface area (Å²) in [4.78, 5) is 13.6. The average Bonchev–Trinajstić information content (AvgIpc) is 2.54. The van der Waals surface area contributed by atoms with Crippen LogP contribution in [0.25, 0.3) is 0 Å². The molecule has 0 spiro atoms. The van der Waals surface area contributed by atoms with Gasteiger partial charge in [-0.1, -0.05) is 19.1 Å². The van der Waals surface area contributed by atoms with Gasteiger partial charge >= 0.3 is 5.97 Å². The molecule has 21 heavy (non-hydrogen) atoms. The highest BCUT2D eigenvalue weighted by Crippen LogP contribution is 2.20. The first kappa shape index (κ1) is 15.8. The van der Waals surface area contributed by atoms with Crippen molar-refractivity contribution in [1.82, 2.24) is 4.90 Å². The molecule has 1 aromatic carbocycles. The highest BCUT2D eigenvalue weighted by molar-refractivity contribution is 5.69. The van der Waals surface area contributed by atoms with Gasteiger partial charge in [0.05, 0.1) is 7.11 Å². The van der Waals surface area contributed by atoms with Crippen molar-refractivity contribution in [2.45, 2.75) is 38.7 Å². The number of hydrogen-bond donors (Lipinski definition) is 0. The lowest BCUT2D eigenvalue weighted by Crippen LogP contribution is -2.37. The molecule has 4 heteroatoms. The van der Waals surface area contributed by atoms with E-state index in [1.54, 1.807) is 0 Å². The van der Waals surface area contributed by atoms with Crippen LogP contribution in [-0.4, -0.2) is 43.7 Å². The number of hydrogen-bond acceptors (Lipinski definition) is 4. The number of rotatable bonds is 6. The predicted octanol–water partition coefficient (Wildman–Crippen LogP) is 2.66. The van der Waals surface area contributed by atoms with Crippen molar-refractivity contribution in [2.24, 2.45) is 0 Å². The molecule has 0 atom stereocenters. The Labute approximate surface area is 127 Å². The molecule has 0 saturated carbocycles. The largest absolute Gasteiger partial charge is 0.490 e. The van der Waals surface area contributed by atoms with Gasteiger partial charge in [-0.3, -0.25) is 4.79 Å². The first-order chi connectivity index (χ1) is 10.2. The van der Waals surface area contributed by atoms with Crippen LogP contribution in [0, 0.1) is 0 Å². The van der Waals surface area contributed by atoms with Gasteiger partial charge in [0, 0.05) is 19.5 Å². The molecule has 1 fully saturated rings. The maximum atomic E-state index is 11.1. The van der Waals surface area contributed by atoms with Crippen molar-refractivity contribution in [3.05, 3.63) is 29.8 Å². The Morgan fingerprint density at radius 1 is 1.24 bits per heavy atom. The number of ether oxygens (including phenoxy) is 2. The Hall–Kier alpha value is -1.55. The fourth-order valence-corrected chi connectivity index (χ4v) is 2.62. The summed E-state index contributed by atoms with van der Waals surface area (Å²) >= 11 is 0. The number of nitrogens with zero attached hydrogens (tertiary/aromatic N) is 1. The molecule has 0 unspecified atom stereocenters. The van der Waals surface area contributed by atoms with Crippen LogP contribution in [-0.2, 0) is 16.0 Å². The zero-order chi connectivity index (χ0) is 15.1. The van der Waals surface area contributed by atoms with Crippen molar-refractivity contribution in [3.8, 4) is 5.75 Å². The topological polar surface area (TPSA) is 38.8 Å². The normalized spacial score (nSPS) is 16.7. The molecule has 1 saturated heterocycles. The highest BCUT2D eigenvalue weighted by Gasteiger charge is 2.19. The smallest absolute Gasteiger partial charge is 0.305 e. The summed E-state index contributed by atoms with van der Waals surface area (Å²) in [6.45, 7) is 5.58. The van der Waals surface area contributed by atoms with E-state index in [2.05, 4.69) is 16.6 Å². The fourth-order valence-electron chi connectivity index (χ4n) is 2.62. The minimum Gasteiger partial charge on any atom is -0.490 e. The quantitative estimate of drug-likeness (QED) is 0.755. The van der Waals surface area contributed by atoms with E-state index in [4.69, 9.17) is 4.74 Å². The molecular formula is C17H25NO3. The van der Waals surface area contributed by atoms with Crippen molar-refractivity contribution < 1.29 is 14.3 Å². The predicted molar refractivity (Wildman–Crippen MR) is 82.5 cm³/mol. The van der Waals surface area contributed by atoms with Gasteiger partial charge in [0.15, 0.2) is 0 Å². The molecule has 1 aliphatic rings. The number of carbonyl (C=O) groups is 1. The first-order valence-corrected chi connectivity index (χ1v) is 7.76.